The minimum Gasteiger partial charge on any atom is -0.497 e. The summed E-state index contributed by atoms with van der Waals surface area (Å²) in [5.41, 5.74) is 2.00. The maximum Gasteiger partial charge on any atom is 0.119 e. The van der Waals surface area contributed by atoms with Crippen LogP contribution in [0.1, 0.15) is 5.69 Å². The largest absolute Gasteiger partial charge is 0.497 e. The highest BCUT2D eigenvalue weighted by Gasteiger charge is 2.20. The van der Waals surface area contributed by atoms with E-state index in [1.165, 1.54) is 0 Å². The Bertz CT molecular complexity index is 529. The molecule has 1 aliphatic rings. The fourth-order valence-corrected chi connectivity index (χ4v) is 1.94. The Kier molecular flexibility index (Phi) is 2.71. The zero-order valence-electron chi connectivity index (χ0n) is 9.55. The molecule has 0 atom stereocenters. The zero-order valence-corrected chi connectivity index (χ0v) is 9.55. The van der Waals surface area contributed by atoms with Crippen LogP contribution < -0.4 is 4.74 Å². The van der Waals surface area contributed by atoms with Crippen molar-refractivity contribution in [2.75, 3.05) is 7.11 Å². The highest BCUT2D eigenvalue weighted by atomic mass is 16.5. The molecular weight excluding hydrogens is 210 g/mol. The van der Waals surface area contributed by atoms with Gasteiger partial charge < -0.3 is 4.74 Å². The highest BCUT2D eigenvalue weighted by molar-refractivity contribution is 5.80. The Morgan fingerprint density at radius 2 is 1.82 bits per heavy atom. The van der Waals surface area contributed by atoms with Gasteiger partial charge in [-0.2, -0.15) is 0 Å². The van der Waals surface area contributed by atoms with Gasteiger partial charge in [0, 0.05) is 17.0 Å². The third-order valence-electron chi connectivity index (χ3n) is 2.85. The molecule has 5 radical (unpaired) electrons. The summed E-state index contributed by atoms with van der Waals surface area (Å²) in [6.07, 6.45) is 8.18. The monoisotopic (exact) mass is 222 g/mol. The second-order valence-corrected chi connectivity index (χ2v) is 3.93. The van der Waals surface area contributed by atoms with E-state index >= 15 is 0 Å². The molecule has 17 heavy (non-hydrogen) atoms. The summed E-state index contributed by atoms with van der Waals surface area (Å²) in [5.74, 6) is 2.02. The molecule has 1 aromatic heterocycles. The van der Waals surface area contributed by atoms with Crippen LogP contribution in [0.15, 0.2) is 30.3 Å². The SMILES string of the molecule is COc1ccc2nc([C]3[CH][CH][CH][CH]3)ccc2c1. The molecule has 1 aliphatic carbocycles. The quantitative estimate of drug-likeness (QED) is 0.779. The fraction of sp³-hybridized carbons (Fsp3) is 0.0667. The smallest absolute Gasteiger partial charge is 0.119 e. The second-order valence-electron chi connectivity index (χ2n) is 3.93. The number of ether oxygens (including phenoxy) is 1. The van der Waals surface area contributed by atoms with E-state index < -0.39 is 0 Å². The molecule has 0 aliphatic heterocycles. The Balaban J connectivity index is 2.01. The number of benzene rings is 1. The average molecular weight is 222 g/mol. The van der Waals surface area contributed by atoms with Crippen molar-refractivity contribution in [2.24, 2.45) is 0 Å². The van der Waals surface area contributed by atoms with Gasteiger partial charge in [-0.3, -0.25) is 4.98 Å². The van der Waals surface area contributed by atoms with Crippen molar-refractivity contribution in [2.45, 2.75) is 0 Å². The van der Waals surface area contributed by atoms with Gasteiger partial charge >= 0.3 is 0 Å². The van der Waals surface area contributed by atoms with Crippen molar-refractivity contribution >= 4 is 10.9 Å². The first-order chi connectivity index (χ1) is 8.36. The van der Waals surface area contributed by atoms with Crippen LogP contribution in [0, 0.1) is 31.6 Å². The Morgan fingerprint density at radius 1 is 1.00 bits per heavy atom. The molecule has 83 valence electrons. The van der Waals surface area contributed by atoms with Crippen LogP contribution in [-0.4, -0.2) is 12.1 Å². The number of rotatable bonds is 2. The molecule has 1 aromatic carbocycles. The highest BCUT2D eigenvalue weighted by Crippen LogP contribution is 2.30. The molecule has 1 heterocycles. The summed E-state index contributed by atoms with van der Waals surface area (Å²) in [4.78, 5) is 4.64. The molecule has 3 rings (SSSR count). The van der Waals surface area contributed by atoms with Crippen LogP contribution >= 0.6 is 0 Å². The standard InChI is InChI=1S/C15H12NO/c1-17-13-7-9-15-12(10-13)6-8-14(16-15)11-4-2-3-5-11/h2-10H,1H3. The van der Waals surface area contributed by atoms with Crippen molar-refractivity contribution in [3.63, 3.8) is 0 Å². The Hall–Kier alpha value is -1.57. The van der Waals surface area contributed by atoms with Crippen LogP contribution in [0.3, 0.4) is 0 Å². The fourth-order valence-electron chi connectivity index (χ4n) is 1.94. The minimum absolute atomic E-state index is 0.861. The topological polar surface area (TPSA) is 22.1 Å². The van der Waals surface area contributed by atoms with Gasteiger partial charge in [-0.05, 0) is 49.9 Å². The first-order valence-electron chi connectivity index (χ1n) is 5.54. The molecule has 0 bridgehead atoms. The van der Waals surface area contributed by atoms with Gasteiger partial charge in [-0.25, -0.2) is 0 Å². The summed E-state index contributed by atoms with van der Waals surface area (Å²) in [6, 6.07) is 10.0. The average Bonchev–Trinajstić information content (AvgIpc) is 2.91. The number of aromatic nitrogens is 1. The molecular formula is C15H12NO. The van der Waals surface area contributed by atoms with Gasteiger partial charge in [0.2, 0.25) is 0 Å². The predicted octanol–water partition coefficient (Wildman–Crippen LogP) is 3.00. The summed E-state index contributed by atoms with van der Waals surface area (Å²) in [6.45, 7) is 0. The van der Waals surface area contributed by atoms with E-state index in [1.54, 1.807) is 7.11 Å². The van der Waals surface area contributed by atoms with Crippen LogP contribution in [0.5, 0.6) is 5.75 Å². The molecule has 2 aromatic rings. The van der Waals surface area contributed by atoms with Crippen molar-refractivity contribution in [1.82, 2.24) is 4.98 Å². The summed E-state index contributed by atoms with van der Waals surface area (Å²) < 4.78 is 5.20. The van der Waals surface area contributed by atoms with E-state index in [4.69, 9.17) is 4.74 Å². The van der Waals surface area contributed by atoms with Gasteiger partial charge in [0.25, 0.3) is 0 Å². The lowest BCUT2D eigenvalue weighted by Gasteiger charge is -2.08. The van der Waals surface area contributed by atoms with Crippen LogP contribution in [0.2, 0.25) is 0 Å². The van der Waals surface area contributed by atoms with Gasteiger partial charge in [0.05, 0.1) is 12.6 Å². The number of fused-ring (bicyclic) bond motifs is 1. The van der Waals surface area contributed by atoms with Gasteiger partial charge in [-0.15, -0.1) is 0 Å². The van der Waals surface area contributed by atoms with Crippen molar-refractivity contribution in [3.8, 4) is 5.75 Å². The lowest BCUT2D eigenvalue weighted by molar-refractivity contribution is 0.415. The second kappa shape index (κ2) is 4.36. The van der Waals surface area contributed by atoms with Crippen molar-refractivity contribution in [3.05, 3.63) is 67.6 Å². The lowest BCUT2D eigenvalue weighted by atomic mass is 10.0. The molecule has 0 unspecified atom stereocenters. The first-order valence-corrected chi connectivity index (χ1v) is 5.54. The first kappa shape index (κ1) is 10.6. The van der Waals surface area contributed by atoms with Crippen LogP contribution in [0.4, 0.5) is 0 Å². The van der Waals surface area contributed by atoms with Crippen LogP contribution in [-0.2, 0) is 0 Å². The molecule has 2 nitrogen and oxygen atoms in total. The molecule has 1 saturated carbocycles. The summed E-state index contributed by atoms with van der Waals surface area (Å²) in [5, 5.41) is 1.10. The number of nitrogens with zero attached hydrogens (tertiary/aromatic N) is 1. The maximum absolute atomic E-state index is 5.20. The number of hydrogen-bond acceptors (Lipinski definition) is 2. The third kappa shape index (κ3) is 1.99. The van der Waals surface area contributed by atoms with Gasteiger partial charge in [-0.1, -0.05) is 6.07 Å². The van der Waals surface area contributed by atoms with E-state index in [-0.39, 0.29) is 0 Å². The normalized spacial score (nSPS) is 16.5. The summed E-state index contributed by atoms with van der Waals surface area (Å²) in [7, 11) is 1.67. The van der Waals surface area contributed by atoms with E-state index in [0.717, 1.165) is 28.3 Å². The number of methoxy groups -OCH3 is 1. The molecule has 0 saturated heterocycles. The Labute approximate surface area is 102 Å². The molecule has 0 spiro atoms. The summed E-state index contributed by atoms with van der Waals surface area (Å²) >= 11 is 0. The molecule has 1 fully saturated rings. The lowest BCUT2D eigenvalue weighted by Crippen LogP contribution is -1.98. The van der Waals surface area contributed by atoms with E-state index in [0.29, 0.717) is 0 Å². The molecule has 0 N–H and O–H groups in total. The predicted molar refractivity (Wildman–Crippen MR) is 67.8 cm³/mol. The van der Waals surface area contributed by atoms with Gasteiger partial charge in [0.1, 0.15) is 5.75 Å². The van der Waals surface area contributed by atoms with E-state index in [9.17, 15) is 0 Å². The van der Waals surface area contributed by atoms with E-state index in [1.807, 2.05) is 37.1 Å². The zero-order chi connectivity index (χ0) is 11.7. The maximum atomic E-state index is 5.20. The number of pyridine rings is 1. The van der Waals surface area contributed by atoms with E-state index in [2.05, 4.69) is 23.9 Å². The van der Waals surface area contributed by atoms with Crippen LogP contribution in [0.25, 0.3) is 10.9 Å². The Morgan fingerprint density at radius 3 is 2.59 bits per heavy atom. The van der Waals surface area contributed by atoms with Crippen molar-refractivity contribution < 1.29 is 4.74 Å². The van der Waals surface area contributed by atoms with Gasteiger partial charge in [0.15, 0.2) is 0 Å². The minimum atomic E-state index is 0.861. The number of hydrogen-bond donors (Lipinski definition) is 0. The third-order valence-corrected chi connectivity index (χ3v) is 2.85. The molecule has 0 amide bonds. The molecule has 2 heteroatoms. The van der Waals surface area contributed by atoms with Crippen molar-refractivity contribution in [1.29, 1.82) is 0 Å².